The molecule has 15 heavy (non-hydrogen) atoms. The van der Waals surface area contributed by atoms with Crippen LogP contribution in [0.4, 0.5) is 0 Å². The van der Waals surface area contributed by atoms with Crippen LogP contribution in [0.25, 0.3) is 0 Å². The molecule has 1 fully saturated rings. The Kier molecular flexibility index (Phi) is 2.72. The van der Waals surface area contributed by atoms with Gasteiger partial charge in [-0.05, 0) is 48.2 Å². The highest BCUT2D eigenvalue weighted by Crippen LogP contribution is 2.37. The van der Waals surface area contributed by atoms with Gasteiger partial charge in [-0.1, -0.05) is 24.3 Å². The van der Waals surface area contributed by atoms with E-state index in [1.165, 1.54) is 31.0 Å². The van der Waals surface area contributed by atoms with Gasteiger partial charge in [0.1, 0.15) is 0 Å². The van der Waals surface area contributed by atoms with Crippen LogP contribution in [0.1, 0.15) is 17.0 Å². The predicted octanol–water partition coefficient (Wildman–Crippen LogP) is 2.28. The number of hydrogen-bond acceptors (Lipinski definition) is 2. The number of fused-ring (bicyclic) bond motifs is 1. The van der Waals surface area contributed by atoms with Gasteiger partial charge < -0.3 is 5.32 Å². The first-order valence-corrected chi connectivity index (χ1v) is 6.95. The Morgan fingerprint density at radius 3 is 2.80 bits per heavy atom. The molecule has 1 atom stereocenters. The van der Waals surface area contributed by atoms with Gasteiger partial charge in [-0.3, -0.25) is 0 Å². The SMILES string of the molecule is c1ccc2c(c1)CC2CSCC1CNC1. The van der Waals surface area contributed by atoms with Gasteiger partial charge in [-0.15, -0.1) is 0 Å². The zero-order chi connectivity index (χ0) is 10.1. The Morgan fingerprint density at radius 1 is 1.20 bits per heavy atom. The summed E-state index contributed by atoms with van der Waals surface area (Å²) in [5.74, 6) is 4.48. The molecule has 1 heterocycles. The van der Waals surface area contributed by atoms with Crippen LogP contribution in [0.15, 0.2) is 24.3 Å². The highest BCUT2D eigenvalue weighted by Gasteiger charge is 2.25. The van der Waals surface area contributed by atoms with Crippen molar-refractivity contribution in [1.29, 1.82) is 0 Å². The van der Waals surface area contributed by atoms with Gasteiger partial charge in [0.15, 0.2) is 0 Å². The lowest BCUT2D eigenvalue weighted by molar-refractivity contribution is 0.385. The van der Waals surface area contributed by atoms with Crippen LogP contribution in [0.5, 0.6) is 0 Å². The van der Waals surface area contributed by atoms with Crippen LogP contribution in [0.2, 0.25) is 0 Å². The molecule has 1 unspecified atom stereocenters. The van der Waals surface area contributed by atoms with E-state index in [4.69, 9.17) is 0 Å². The van der Waals surface area contributed by atoms with Crippen LogP contribution >= 0.6 is 11.8 Å². The number of thioether (sulfide) groups is 1. The van der Waals surface area contributed by atoms with Crippen LogP contribution in [-0.2, 0) is 6.42 Å². The molecule has 2 aliphatic rings. The van der Waals surface area contributed by atoms with E-state index in [0.29, 0.717) is 0 Å². The Bertz CT molecular complexity index is 346. The topological polar surface area (TPSA) is 12.0 Å². The van der Waals surface area contributed by atoms with Crippen LogP contribution in [0.3, 0.4) is 0 Å². The molecular weight excluding hydrogens is 202 g/mol. The maximum absolute atomic E-state index is 3.33. The van der Waals surface area contributed by atoms with Gasteiger partial charge in [-0.2, -0.15) is 11.8 Å². The van der Waals surface area contributed by atoms with Crippen molar-refractivity contribution < 1.29 is 0 Å². The van der Waals surface area contributed by atoms with Crippen LogP contribution < -0.4 is 5.32 Å². The average molecular weight is 219 g/mol. The summed E-state index contributed by atoms with van der Waals surface area (Å²) in [6.45, 7) is 2.49. The molecule has 1 aromatic carbocycles. The lowest BCUT2D eigenvalue weighted by Gasteiger charge is -2.31. The lowest BCUT2D eigenvalue weighted by atomic mass is 9.79. The molecule has 1 aliphatic carbocycles. The second kappa shape index (κ2) is 4.18. The summed E-state index contributed by atoms with van der Waals surface area (Å²) in [5.41, 5.74) is 3.19. The fourth-order valence-electron chi connectivity index (χ4n) is 2.35. The first kappa shape index (κ1) is 9.73. The molecular formula is C13H17NS. The summed E-state index contributed by atoms with van der Waals surface area (Å²) in [4.78, 5) is 0. The Hall–Kier alpha value is -0.470. The summed E-state index contributed by atoms with van der Waals surface area (Å²) in [5, 5.41) is 3.33. The zero-order valence-corrected chi connectivity index (χ0v) is 9.72. The summed E-state index contributed by atoms with van der Waals surface area (Å²) in [7, 11) is 0. The van der Waals surface area contributed by atoms with E-state index in [-0.39, 0.29) is 0 Å². The molecule has 1 aliphatic heterocycles. The standard InChI is InChI=1S/C13H17NS/c1-2-4-13-11(3-1)5-12(13)9-15-8-10-6-14-7-10/h1-4,10,12,14H,5-9H2. The smallest absolute Gasteiger partial charge is 0.000490 e. The first-order valence-electron chi connectivity index (χ1n) is 5.80. The summed E-state index contributed by atoms with van der Waals surface area (Å²) < 4.78 is 0. The highest BCUT2D eigenvalue weighted by atomic mass is 32.2. The van der Waals surface area contributed by atoms with Crippen molar-refractivity contribution in [2.24, 2.45) is 5.92 Å². The van der Waals surface area contributed by atoms with Crippen molar-refractivity contribution in [1.82, 2.24) is 5.32 Å². The second-order valence-electron chi connectivity index (χ2n) is 4.66. The third kappa shape index (κ3) is 1.93. The summed E-state index contributed by atoms with van der Waals surface area (Å²) in [6.07, 6.45) is 1.31. The number of rotatable bonds is 4. The minimum absolute atomic E-state index is 0.847. The molecule has 3 rings (SSSR count). The second-order valence-corrected chi connectivity index (χ2v) is 5.74. The van der Waals surface area contributed by atoms with E-state index in [1.54, 1.807) is 11.1 Å². The van der Waals surface area contributed by atoms with Gasteiger partial charge in [0.2, 0.25) is 0 Å². The summed E-state index contributed by atoms with van der Waals surface area (Å²) >= 11 is 2.14. The Labute approximate surface area is 95.6 Å². The number of hydrogen-bond donors (Lipinski definition) is 1. The molecule has 1 aromatic rings. The maximum Gasteiger partial charge on any atom is 0.000490 e. The Balaban J connectivity index is 1.46. The molecule has 0 radical (unpaired) electrons. The predicted molar refractivity (Wildman–Crippen MR) is 66.6 cm³/mol. The van der Waals surface area contributed by atoms with E-state index >= 15 is 0 Å². The van der Waals surface area contributed by atoms with Crippen molar-refractivity contribution in [3.63, 3.8) is 0 Å². The van der Waals surface area contributed by atoms with Crippen molar-refractivity contribution in [2.45, 2.75) is 12.3 Å². The van der Waals surface area contributed by atoms with E-state index in [9.17, 15) is 0 Å². The number of benzene rings is 1. The molecule has 1 nitrogen and oxygen atoms in total. The lowest BCUT2D eigenvalue weighted by Crippen LogP contribution is -2.43. The van der Waals surface area contributed by atoms with Gasteiger partial charge in [0.05, 0.1) is 0 Å². The van der Waals surface area contributed by atoms with E-state index in [2.05, 4.69) is 41.3 Å². The van der Waals surface area contributed by atoms with Crippen molar-refractivity contribution in [3.05, 3.63) is 35.4 Å². The molecule has 0 aromatic heterocycles. The molecule has 0 bridgehead atoms. The molecule has 1 N–H and O–H groups in total. The quantitative estimate of drug-likeness (QED) is 0.834. The van der Waals surface area contributed by atoms with E-state index in [0.717, 1.165) is 11.8 Å². The monoisotopic (exact) mass is 219 g/mol. The van der Waals surface area contributed by atoms with Crippen LogP contribution in [0, 0.1) is 5.92 Å². The minimum atomic E-state index is 0.847. The fraction of sp³-hybridized carbons (Fsp3) is 0.538. The third-order valence-electron chi connectivity index (χ3n) is 3.50. The van der Waals surface area contributed by atoms with Crippen molar-refractivity contribution in [2.75, 3.05) is 24.6 Å². The Morgan fingerprint density at radius 2 is 2.07 bits per heavy atom. The van der Waals surface area contributed by atoms with Gasteiger partial charge in [0, 0.05) is 5.75 Å². The largest absolute Gasteiger partial charge is 0.316 e. The summed E-state index contributed by atoms with van der Waals surface area (Å²) in [6, 6.07) is 8.90. The highest BCUT2D eigenvalue weighted by molar-refractivity contribution is 7.99. The van der Waals surface area contributed by atoms with Crippen molar-refractivity contribution >= 4 is 11.8 Å². The third-order valence-corrected chi connectivity index (χ3v) is 4.85. The fourth-order valence-corrected chi connectivity index (χ4v) is 3.64. The van der Waals surface area contributed by atoms with Crippen LogP contribution in [-0.4, -0.2) is 24.6 Å². The molecule has 1 saturated heterocycles. The van der Waals surface area contributed by atoms with Crippen molar-refractivity contribution in [3.8, 4) is 0 Å². The molecule has 0 saturated carbocycles. The first-order chi connectivity index (χ1) is 7.43. The van der Waals surface area contributed by atoms with Gasteiger partial charge in [0.25, 0.3) is 0 Å². The molecule has 80 valence electrons. The number of nitrogens with one attached hydrogen (secondary N) is 1. The zero-order valence-electron chi connectivity index (χ0n) is 8.91. The minimum Gasteiger partial charge on any atom is -0.316 e. The maximum atomic E-state index is 3.33. The molecule has 0 spiro atoms. The van der Waals surface area contributed by atoms with Gasteiger partial charge in [-0.25, -0.2) is 0 Å². The average Bonchev–Trinajstić information content (AvgIpc) is 2.16. The molecule has 0 amide bonds. The van der Waals surface area contributed by atoms with E-state index in [1.807, 2.05) is 0 Å². The molecule has 2 heteroatoms. The van der Waals surface area contributed by atoms with Gasteiger partial charge >= 0.3 is 0 Å². The van der Waals surface area contributed by atoms with E-state index < -0.39 is 0 Å². The normalized spacial score (nSPS) is 24.1.